The average Bonchev–Trinajstić information content (AvgIpc) is 2.74. The zero-order valence-corrected chi connectivity index (χ0v) is 24.2. The Morgan fingerprint density at radius 2 is 1.67 bits per heavy atom. The number of rotatable bonds is 9. The van der Waals surface area contributed by atoms with E-state index in [1.165, 1.54) is 4.90 Å². The van der Waals surface area contributed by atoms with Crippen molar-refractivity contribution in [3.63, 3.8) is 0 Å². The SMILES string of the molecule is CCC(C(=O)NC(C)(C)C)N(Cc1ccc(Cl)c(Cl)c1)C(=O)CN(c1cc(C)ccc1C)S(C)(=O)=O. The third kappa shape index (κ3) is 8.11. The van der Waals surface area contributed by atoms with Crippen molar-refractivity contribution in [2.24, 2.45) is 0 Å². The van der Waals surface area contributed by atoms with E-state index in [0.717, 1.165) is 16.1 Å². The first kappa shape index (κ1) is 29.9. The molecule has 2 aromatic rings. The topological polar surface area (TPSA) is 86.8 Å². The predicted octanol–water partition coefficient (Wildman–Crippen LogP) is 5.10. The Labute approximate surface area is 224 Å². The molecule has 0 heterocycles. The van der Waals surface area contributed by atoms with E-state index in [0.29, 0.717) is 33.3 Å². The molecular formula is C26H35Cl2N3O4S. The van der Waals surface area contributed by atoms with E-state index in [1.807, 2.05) is 39.8 Å². The van der Waals surface area contributed by atoms with Crippen LogP contribution in [0.2, 0.25) is 10.0 Å². The molecule has 0 aliphatic carbocycles. The second kappa shape index (κ2) is 11.8. The van der Waals surface area contributed by atoms with E-state index < -0.39 is 34.1 Å². The van der Waals surface area contributed by atoms with E-state index in [9.17, 15) is 18.0 Å². The number of anilines is 1. The highest BCUT2D eigenvalue weighted by atomic mass is 35.5. The number of aryl methyl sites for hydroxylation is 2. The van der Waals surface area contributed by atoms with Crippen molar-refractivity contribution in [3.8, 4) is 0 Å². The van der Waals surface area contributed by atoms with Gasteiger partial charge in [-0.3, -0.25) is 13.9 Å². The predicted molar refractivity (Wildman–Crippen MR) is 147 cm³/mol. The fourth-order valence-electron chi connectivity index (χ4n) is 3.79. The van der Waals surface area contributed by atoms with Crippen LogP contribution in [0.4, 0.5) is 5.69 Å². The minimum atomic E-state index is -3.81. The molecule has 36 heavy (non-hydrogen) atoms. The third-order valence-electron chi connectivity index (χ3n) is 5.53. The molecular weight excluding hydrogens is 521 g/mol. The molecule has 2 rings (SSSR count). The van der Waals surface area contributed by atoms with Gasteiger partial charge in [-0.2, -0.15) is 0 Å². The Hall–Kier alpha value is -2.29. The molecule has 0 saturated carbocycles. The summed E-state index contributed by atoms with van der Waals surface area (Å²) in [6.45, 7) is 10.6. The van der Waals surface area contributed by atoms with E-state index in [2.05, 4.69) is 5.32 Å². The molecule has 1 unspecified atom stereocenters. The minimum Gasteiger partial charge on any atom is -0.350 e. The fraction of sp³-hybridized carbons (Fsp3) is 0.462. The molecule has 0 saturated heterocycles. The number of nitrogens with zero attached hydrogens (tertiary/aromatic N) is 2. The number of amides is 2. The number of nitrogens with one attached hydrogen (secondary N) is 1. The number of carbonyl (C=O) groups is 2. The Balaban J connectivity index is 2.53. The van der Waals surface area contributed by atoms with Gasteiger partial charge in [0, 0.05) is 12.1 Å². The normalized spacial score (nSPS) is 12.7. The van der Waals surface area contributed by atoms with Gasteiger partial charge in [0.1, 0.15) is 12.6 Å². The largest absolute Gasteiger partial charge is 0.350 e. The molecule has 1 N–H and O–H groups in total. The highest BCUT2D eigenvalue weighted by molar-refractivity contribution is 7.92. The van der Waals surface area contributed by atoms with Crippen molar-refractivity contribution in [1.29, 1.82) is 0 Å². The van der Waals surface area contributed by atoms with Gasteiger partial charge in [0.25, 0.3) is 0 Å². The quantitative estimate of drug-likeness (QED) is 0.466. The first-order valence-corrected chi connectivity index (χ1v) is 14.2. The molecule has 2 aromatic carbocycles. The summed E-state index contributed by atoms with van der Waals surface area (Å²) in [5.74, 6) is -0.834. The molecule has 0 aromatic heterocycles. The second-order valence-corrected chi connectivity index (χ2v) is 12.7. The first-order chi connectivity index (χ1) is 16.5. The highest BCUT2D eigenvalue weighted by Crippen LogP contribution is 2.26. The van der Waals surface area contributed by atoms with Gasteiger partial charge in [-0.15, -0.1) is 0 Å². The number of benzene rings is 2. The summed E-state index contributed by atoms with van der Waals surface area (Å²) >= 11 is 12.3. The molecule has 0 aliphatic heterocycles. The number of hydrogen-bond acceptors (Lipinski definition) is 4. The molecule has 1 atom stereocenters. The molecule has 2 amide bonds. The fourth-order valence-corrected chi connectivity index (χ4v) is 5.01. The van der Waals surface area contributed by atoms with Crippen LogP contribution < -0.4 is 9.62 Å². The lowest BCUT2D eigenvalue weighted by Crippen LogP contribution is -2.55. The standard InChI is InChI=1S/C26H35Cl2N3O4S/c1-8-22(25(33)29-26(4,5)6)30(15-19-11-12-20(27)21(28)14-19)24(32)16-31(36(7,34)35)23-13-17(2)9-10-18(23)3/h9-14,22H,8,15-16H2,1-7H3,(H,29,33). The van der Waals surface area contributed by atoms with Crippen molar-refractivity contribution in [2.75, 3.05) is 17.1 Å². The number of halogens is 2. The average molecular weight is 557 g/mol. The molecule has 0 bridgehead atoms. The van der Waals surface area contributed by atoms with Crippen LogP contribution in [0.1, 0.15) is 50.8 Å². The lowest BCUT2D eigenvalue weighted by atomic mass is 10.1. The molecule has 10 heteroatoms. The van der Waals surface area contributed by atoms with E-state index in [1.54, 1.807) is 38.1 Å². The minimum absolute atomic E-state index is 0.0518. The van der Waals surface area contributed by atoms with Crippen molar-refractivity contribution in [1.82, 2.24) is 10.2 Å². The van der Waals surface area contributed by atoms with Gasteiger partial charge in [-0.1, -0.05) is 48.3 Å². The lowest BCUT2D eigenvalue weighted by molar-refractivity contribution is -0.141. The maximum Gasteiger partial charge on any atom is 0.244 e. The smallest absolute Gasteiger partial charge is 0.244 e. The van der Waals surface area contributed by atoms with Crippen LogP contribution >= 0.6 is 23.2 Å². The number of sulfonamides is 1. The molecule has 198 valence electrons. The summed E-state index contributed by atoms with van der Waals surface area (Å²) in [6.07, 6.45) is 1.40. The van der Waals surface area contributed by atoms with Crippen molar-refractivity contribution in [3.05, 3.63) is 63.1 Å². The first-order valence-electron chi connectivity index (χ1n) is 11.6. The molecule has 0 aliphatic rings. The van der Waals surface area contributed by atoms with Gasteiger partial charge >= 0.3 is 0 Å². The molecule has 0 fully saturated rings. The monoisotopic (exact) mass is 555 g/mol. The van der Waals surface area contributed by atoms with E-state index in [4.69, 9.17) is 23.2 Å². The third-order valence-corrected chi connectivity index (χ3v) is 7.40. The van der Waals surface area contributed by atoms with Crippen LogP contribution in [0.15, 0.2) is 36.4 Å². The zero-order chi connectivity index (χ0) is 27.4. The maximum atomic E-state index is 13.8. The summed E-state index contributed by atoms with van der Waals surface area (Å²) in [7, 11) is -3.81. The van der Waals surface area contributed by atoms with Crippen LogP contribution in [0.5, 0.6) is 0 Å². The van der Waals surface area contributed by atoms with Gasteiger partial charge < -0.3 is 10.2 Å². The summed E-state index contributed by atoms with van der Waals surface area (Å²) in [6, 6.07) is 9.58. The Morgan fingerprint density at radius 1 is 1.03 bits per heavy atom. The zero-order valence-electron chi connectivity index (χ0n) is 21.9. The Kier molecular flexibility index (Phi) is 9.84. The maximum absolute atomic E-state index is 13.8. The molecule has 0 spiro atoms. The summed E-state index contributed by atoms with van der Waals surface area (Å²) < 4.78 is 26.7. The van der Waals surface area contributed by atoms with Gasteiger partial charge in [0.15, 0.2) is 0 Å². The van der Waals surface area contributed by atoms with Crippen LogP contribution in [-0.2, 0) is 26.2 Å². The number of hydrogen-bond donors (Lipinski definition) is 1. The van der Waals surface area contributed by atoms with Crippen LogP contribution in [-0.4, -0.2) is 49.5 Å². The van der Waals surface area contributed by atoms with Gasteiger partial charge in [0.05, 0.1) is 22.0 Å². The van der Waals surface area contributed by atoms with Crippen LogP contribution in [0.3, 0.4) is 0 Å². The highest BCUT2D eigenvalue weighted by Gasteiger charge is 2.33. The summed E-state index contributed by atoms with van der Waals surface area (Å²) in [5, 5.41) is 3.62. The van der Waals surface area contributed by atoms with Gasteiger partial charge in [-0.05, 0) is 75.9 Å². The summed E-state index contributed by atoms with van der Waals surface area (Å²) in [4.78, 5) is 28.4. The molecule has 7 nitrogen and oxygen atoms in total. The van der Waals surface area contributed by atoms with Crippen molar-refractivity contribution >= 4 is 50.7 Å². The van der Waals surface area contributed by atoms with Crippen LogP contribution in [0.25, 0.3) is 0 Å². The Bertz CT molecular complexity index is 1230. The summed E-state index contributed by atoms with van der Waals surface area (Å²) in [5.41, 5.74) is 2.15. The van der Waals surface area contributed by atoms with Crippen LogP contribution in [0, 0.1) is 13.8 Å². The lowest BCUT2D eigenvalue weighted by Gasteiger charge is -2.34. The van der Waals surface area contributed by atoms with Crippen molar-refractivity contribution < 1.29 is 18.0 Å². The molecule has 0 radical (unpaired) electrons. The Morgan fingerprint density at radius 3 is 2.19 bits per heavy atom. The number of carbonyl (C=O) groups excluding carboxylic acids is 2. The van der Waals surface area contributed by atoms with Crippen molar-refractivity contribution in [2.45, 2.75) is 66.1 Å². The van der Waals surface area contributed by atoms with E-state index in [-0.39, 0.29) is 12.5 Å². The second-order valence-electron chi connectivity index (χ2n) is 9.99. The van der Waals surface area contributed by atoms with Gasteiger partial charge in [0.2, 0.25) is 21.8 Å². The van der Waals surface area contributed by atoms with Gasteiger partial charge in [-0.25, -0.2) is 8.42 Å². The van der Waals surface area contributed by atoms with E-state index >= 15 is 0 Å².